The number of nitrogens with one attached hydrogen (secondary N) is 2. The number of pyridine rings is 1. The number of methoxy groups -OCH3 is 1. The quantitative estimate of drug-likeness (QED) is 0.430. The number of hydrogen-bond acceptors (Lipinski definition) is 6. The van der Waals surface area contributed by atoms with Gasteiger partial charge in [-0.3, -0.25) is 0 Å². The highest BCUT2D eigenvalue weighted by Gasteiger charge is 2.18. The lowest BCUT2D eigenvalue weighted by Crippen LogP contribution is -2.26. The number of anilines is 2. The highest BCUT2D eigenvalue weighted by molar-refractivity contribution is 9.10. The molecule has 0 aliphatic carbocycles. The molecule has 3 aromatic heterocycles. The van der Waals surface area contributed by atoms with Gasteiger partial charge in [-0.25, -0.2) is 14.5 Å². The van der Waals surface area contributed by atoms with E-state index in [4.69, 9.17) is 9.72 Å². The number of hydrogen-bond donors (Lipinski definition) is 2. The second-order valence-corrected chi connectivity index (χ2v) is 8.44. The van der Waals surface area contributed by atoms with Crippen LogP contribution in [0.5, 0.6) is 5.75 Å². The molecule has 4 heterocycles. The van der Waals surface area contributed by atoms with E-state index in [2.05, 4.69) is 54.8 Å². The van der Waals surface area contributed by atoms with Gasteiger partial charge in [0.25, 0.3) is 0 Å². The monoisotopic (exact) mass is 478 g/mol. The maximum Gasteiger partial charge on any atom is 0.227 e. The van der Waals surface area contributed by atoms with Crippen LogP contribution in [0.4, 0.5) is 11.6 Å². The van der Waals surface area contributed by atoms with Crippen LogP contribution in [0.25, 0.3) is 16.8 Å². The molecule has 0 amide bonds. The Hall–Kier alpha value is -2.97. The maximum absolute atomic E-state index is 5.68. The summed E-state index contributed by atoms with van der Waals surface area (Å²) < 4.78 is 8.32. The first-order valence-electron chi connectivity index (χ1n) is 10.3. The molecule has 1 saturated heterocycles. The topological polar surface area (TPSA) is 76.4 Å². The zero-order valence-corrected chi connectivity index (χ0v) is 18.8. The minimum atomic E-state index is 0.501. The second kappa shape index (κ2) is 8.64. The lowest BCUT2D eigenvalue weighted by atomic mass is 9.90. The van der Waals surface area contributed by atoms with Gasteiger partial charge >= 0.3 is 0 Å². The molecule has 8 heteroatoms. The Balaban J connectivity index is 1.46. The van der Waals surface area contributed by atoms with Crippen molar-refractivity contribution in [3.05, 3.63) is 65.0 Å². The first kappa shape index (κ1) is 20.0. The van der Waals surface area contributed by atoms with E-state index >= 15 is 0 Å². The van der Waals surface area contributed by atoms with Gasteiger partial charge in [-0.1, -0.05) is 12.1 Å². The van der Waals surface area contributed by atoms with Crippen LogP contribution in [0.1, 0.15) is 24.3 Å². The third kappa shape index (κ3) is 4.00. The number of rotatable bonds is 5. The van der Waals surface area contributed by atoms with Crippen LogP contribution in [0.3, 0.4) is 0 Å². The van der Waals surface area contributed by atoms with E-state index in [1.807, 2.05) is 35.1 Å². The van der Waals surface area contributed by atoms with Crippen LogP contribution in [0.15, 0.2) is 59.5 Å². The lowest BCUT2D eigenvalue weighted by molar-refractivity contribution is 0.413. The van der Waals surface area contributed by atoms with Crippen molar-refractivity contribution in [2.24, 2.45) is 0 Å². The van der Waals surface area contributed by atoms with Gasteiger partial charge in [0, 0.05) is 18.0 Å². The minimum absolute atomic E-state index is 0.501. The van der Waals surface area contributed by atoms with Crippen molar-refractivity contribution >= 4 is 33.1 Å². The molecule has 0 spiro atoms. The van der Waals surface area contributed by atoms with E-state index < -0.39 is 0 Å². The average molecular weight is 479 g/mol. The Morgan fingerprint density at radius 2 is 2.03 bits per heavy atom. The normalized spacial score (nSPS) is 14.6. The number of piperidine rings is 1. The predicted octanol–water partition coefficient (Wildman–Crippen LogP) is 4.77. The molecule has 1 aliphatic rings. The smallest absolute Gasteiger partial charge is 0.227 e. The summed E-state index contributed by atoms with van der Waals surface area (Å²) in [6, 6.07) is 12.3. The van der Waals surface area contributed by atoms with Gasteiger partial charge in [-0.2, -0.15) is 5.10 Å². The van der Waals surface area contributed by atoms with E-state index in [1.165, 1.54) is 5.56 Å². The summed E-state index contributed by atoms with van der Waals surface area (Å²) >= 11 is 3.59. The molecule has 5 rings (SSSR count). The molecule has 0 radical (unpaired) electrons. The third-order valence-corrected chi connectivity index (χ3v) is 6.29. The summed E-state index contributed by atoms with van der Waals surface area (Å²) in [5.74, 6) is 1.86. The summed E-state index contributed by atoms with van der Waals surface area (Å²) in [6.45, 7) is 2.12. The van der Waals surface area contributed by atoms with Gasteiger partial charge in [0.2, 0.25) is 5.95 Å². The van der Waals surface area contributed by atoms with Crippen LogP contribution in [0, 0.1) is 0 Å². The molecule has 31 heavy (non-hydrogen) atoms. The maximum atomic E-state index is 5.68. The molecule has 1 aliphatic heterocycles. The van der Waals surface area contributed by atoms with Gasteiger partial charge in [-0.15, -0.1) is 0 Å². The van der Waals surface area contributed by atoms with Crippen LogP contribution < -0.4 is 15.4 Å². The van der Waals surface area contributed by atoms with Crippen LogP contribution in [0.2, 0.25) is 0 Å². The standard InChI is InChI=1S/C23H23BrN6O/c1-31-21-12-16(15-7-9-25-10-8-15)5-6-19(21)28-23-26-14-18(24)22(29-23)17-13-27-30-11-3-2-4-20(17)30/h2-6,11-15,25H,7-10H2,1H3,(H,26,28,29). The molecule has 7 nitrogen and oxygen atoms in total. The molecule has 4 aromatic rings. The Morgan fingerprint density at radius 3 is 2.87 bits per heavy atom. The second-order valence-electron chi connectivity index (χ2n) is 7.59. The lowest BCUT2D eigenvalue weighted by Gasteiger charge is -2.24. The van der Waals surface area contributed by atoms with Crippen molar-refractivity contribution in [1.82, 2.24) is 24.9 Å². The first-order chi connectivity index (χ1) is 15.2. The molecule has 0 bridgehead atoms. The van der Waals surface area contributed by atoms with Crippen molar-refractivity contribution in [3.63, 3.8) is 0 Å². The molecule has 2 N–H and O–H groups in total. The number of halogens is 1. The number of benzene rings is 1. The SMILES string of the molecule is COc1cc(C2CCNCC2)ccc1Nc1ncc(Br)c(-c2cnn3ccccc23)n1. The Morgan fingerprint density at radius 1 is 1.16 bits per heavy atom. The Labute approximate surface area is 189 Å². The summed E-state index contributed by atoms with van der Waals surface area (Å²) in [4.78, 5) is 9.21. The van der Waals surface area contributed by atoms with Crippen molar-refractivity contribution in [3.8, 4) is 17.0 Å². The molecule has 0 saturated carbocycles. The molecule has 0 atom stereocenters. The van der Waals surface area contributed by atoms with E-state index in [0.717, 1.165) is 58.6 Å². The van der Waals surface area contributed by atoms with Crippen LogP contribution in [-0.2, 0) is 0 Å². The van der Waals surface area contributed by atoms with Crippen LogP contribution in [-0.4, -0.2) is 39.8 Å². The summed E-state index contributed by atoms with van der Waals surface area (Å²) in [7, 11) is 1.69. The van der Waals surface area contributed by atoms with Gasteiger partial charge < -0.3 is 15.4 Å². The highest BCUT2D eigenvalue weighted by Crippen LogP contribution is 2.35. The molecule has 158 valence electrons. The van der Waals surface area contributed by atoms with Crippen molar-refractivity contribution < 1.29 is 4.74 Å². The van der Waals surface area contributed by atoms with Crippen LogP contribution >= 0.6 is 15.9 Å². The van der Waals surface area contributed by atoms with E-state index in [9.17, 15) is 0 Å². The fourth-order valence-corrected chi connectivity index (χ4v) is 4.48. The zero-order valence-electron chi connectivity index (χ0n) is 17.2. The number of nitrogens with zero attached hydrogens (tertiary/aromatic N) is 4. The Bertz CT molecular complexity index is 1220. The summed E-state index contributed by atoms with van der Waals surface area (Å²) in [5.41, 5.74) is 4.85. The van der Waals surface area contributed by atoms with E-state index in [1.54, 1.807) is 13.3 Å². The van der Waals surface area contributed by atoms with Gasteiger partial charge in [-0.05, 0) is 77.6 Å². The fourth-order valence-electron chi connectivity index (χ4n) is 4.07. The van der Waals surface area contributed by atoms with Crippen molar-refractivity contribution in [1.29, 1.82) is 0 Å². The van der Waals surface area contributed by atoms with Gasteiger partial charge in [0.15, 0.2) is 0 Å². The summed E-state index contributed by atoms with van der Waals surface area (Å²) in [5, 5.41) is 11.2. The van der Waals surface area contributed by atoms with Gasteiger partial charge in [0.05, 0.1) is 34.7 Å². The van der Waals surface area contributed by atoms with Gasteiger partial charge in [0.1, 0.15) is 5.75 Å². The molecular formula is C23H23BrN6O. The largest absolute Gasteiger partial charge is 0.495 e. The molecular weight excluding hydrogens is 456 g/mol. The first-order valence-corrected chi connectivity index (χ1v) is 11.1. The zero-order chi connectivity index (χ0) is 21.2. The fraction of sp³-hybridized carbons (Fsp3) is 0.261. The predicted molar refractivity (Wildman–Crippen MR) is 125 cm³/mol. The van der Waals surface area contributed by atoms with Crippen molar-refractivity contribution in [2.75, 3.05) is 25.5 Å². The van der Waals surface area contributed by atoms with E-state index in [-0.39, 0.29) is 0 Å². The number of aromatic nitrogens is 4. The summed E-state index contributed by atoms with van der Waals surface area (Å²) in [6.07, 6.45) is 7.79. The molecule has 0 unspecified atom stereocenters. The molecule has 1 fully saturated rings. The van der Waals surface area contributed by atoms with Crippen molar-refractivity contribution in [2.45, 2.75) is 18.8 Å². The highest BCUT2D eigenvalue weighted by atomic mass is 79.9. The van der Waals surface area contributed by atoms with E-state index in [0.29, 0.717) is 11.9 Å². The Kier molecular flexibility index (Phi) is 5.57. The number of ether oxygens (including phenoxy) is 1. The minimum Gasteiger partial charge on any atom is -0.495 e. The molecule has 1 aromatic carbocycles. The number of fused-ring (bicyclic) bond motifs is 1. The third-order valence-electron chi connectivity index (χ3n) is 5.71. The average Bonchev–Trinajstić information content (AvgIpc) is 3.25.